The van der Waals surface area contributed by atoms with Gasteiger partial charge in [0.05, 0.1) is 24.3 Å². The molecule has 0 radical (unpaired) electrons. The van der Waals surface area contributed by atoms with Gasteiger partial charge in [0.2, 0.25) is 0 Å². The summed E-state index contributed by atoms with van der Waals surface area (Å²) in [6.07, 6.45) is 1.63. The molecule has 4 aromatic rings. The Morgan fingerprint density at radius 1 is 1.25 bits per heavy atom. The number of halogens is 1. The molecule has 4 rings (SSSR count). The van der Waals surface area contributed by atoms with Crippen LogP contribution in [-0.4, -0.2) is 41.7 Å². The molecular weight excluding hydrogens is 539 g/mol. The van der Waals surface area contributed by atoms with Gasteiger partial charge in [-0.2, -0.15) is 10.2 Å². The molecule has 11 nitrogen and oxygen atoms in total. The van der Waals surface area contributed by atoms with E-state index >= 15 is 0 Å². The third kappa shape index (κ3) is 5.20. The summed E-state index contributed by atoms with van der Waals surface area (Å²) in [6, 6.07) is 3.49. The van der Waals surface area contributed by atoms with Crippen molar-refractivity contribution in [1.82, 2.24) is 24.1 Å². The number of aliphatic hydroxyl groups excluding tert-OH is 1. The highest BCUT2D eigenvalue weighted by Gasteiger charge is 2.35. The fourth-order valence-electron chi connectivity index (χ4n) is 4.53. The quantitative estimate of drug-likeness (QED) is 0.290. The van der Waals surface area contributed by atoms with Crippen molar-refractivity contribution < 1.29 is 19.0 Å². The average Bonchev–Trinajstić information content (AvgIpc) is 3.53. The number of carbonyl (C=O) groups excluding carboxylic acids is 1. The molecule has 3 aromatic heterocycles. The first-order valence-electron chi connectivity index (χ1n) is 12.5. The molecule has 0 bridgehead atoms. The van der Waals surface area contributed by atoms with E-state index in [1.165, 1.54) is 41.7 Å². The summed E-state index contributed by atoms with van der Waals surface area (Å²) in [5.74, 6) is -0.864. The monoisotopic (exact) mass is 568 g/mol. The first kappa shape index (κ1) is 28.8. The molecule has 0 aliphatic carbocycles. The normalized spacial score (nSPS) is 12.6. The van der Waals surface area contributed by atoms with Gasteiger partial charge in [-0.15, -0.1) is 4.80 Å². The lowest BCUT2D eigenvalue weighted by atomic mass is 9.91. The van der Waals surface area contributed by atoms with Gasteiger partial charge in [0.25, 0.3) is 5.56 Å². The highest BCUT2D eigenvalue weighted by Crippen LogP contribution is 2.33. The van der Waals surface area contributed by atoms with Crippen molar-refractivity contribution in [1.29, 1.82) is 0 Å². The Kier molecular flexibility index (Phi) is 8.04. The summed E-state index contributed by atoms with van der Waals surface area (Å²) in [4.78, 5) is 45.9. The number of thiophene rings is 1. The molecule has 210 valence electrons. The Morgan fingerprint density at radius 3 is 2.55 bits per heavy atom. The van der Waals surface area contributed by atoms with Crippen LogP contribution in [0.25, 0.3) is 20.1 Å². The van der Waals surface area contributed by atoms with Crippen LogP contribution in [0.2, 0.25) is 0 Å². The summed E-state index contributed by atoms with van der Waals surface area (Å²) in [5, 5.41) is 20.2. The standard InChI is InChI=1S/C27H29FN6O5S/c1-15(2)11-21(36)27(4,5)33-23(37)22-16(3)24(34-30-9-10-31-34)40-25(22)32(26(33)38)13-19(35)18-12-17(28)7-8-20(18)39-14-29-6/h7-10,12,15,19,35H,11,13-14H2,1-5H3/t19-/m0/s1. The predicted molar refractivity (Wildman–Crippen MR) is 147 cm³/mol. The van der Waals surface area contributed by atoms with Crippen molar-refractivity contribution in [2.75, 3.05) is 6.73 Å². The van der Waals surface area contributed by atoms with Crippen LogP contribution in [0.3, 0.4) is 0 Å². The minimum absolute atomic E-state index is 0.00233. The van der Waals surface area contributed by atoms with E-state index in [2.05, 4.69) is 15.0 Å². The second-order valence-electron chi connectivity index (χ2n) is 10.3. The van der Waals surface area contributed by atoms with Crippen molar-refractivity contribution >= 4 is 27.3 Å². The molecule has 1 atom stereocenters. The van der Waals surface area contributed by atoms with Crippen molar-refractivity contribution in [2.24, 2.45) is 5.92 Å². The summed E-state index contributed by atoms with van der Waals surface area (Å²) >= 11 is 1.08. The summed E-state index contributed by atoms with van der Waals surface area (Å²) in [6.45, 7) is 14.7. The van der Waals surface area contributed by atoms with E-state index in [-0.39, 0.29) is 46.4 Å². The van der Waals surface area contributed by atoms with Gasteiger partial charge in [-0.3, -0.25) is 19.0 Å². The highest BCUT2D eigenvalue weighted by atomic mass is 32.1. The summed E-state index contributed by atoms with van der Waals surface area (Å²) in [7, 11) is 0. The molecule has 13 heteroatoms. The zero-order valence-corrected chi connectivity index (χ0v) is 23.5. The lowest BCUT2D eigenvalue weighted by Crippen LogP contribution is -2.53. The fraction of sp³-hybridized carbons (Fsp3) is 0.407. The van der Waals surface area contributed by atoms with Crippen molar-refractivity contribution in [3.63, 3.8) is 0 Å². The number of fused-ring (bicyclic) bond motifs is 1. The second-order valence-corrected chi connectivity index (χ2v) is 11.3. The van der Waals surface area contributed by atoms with Crippen molar-refractivity contribution in [3.05, 3.63) is 79.8 Å². The number of nitrogens with zero attached hydrogens (tertiary/aromatic N) is 6. The van der Waals surface area contributed by atoms with Crippen molar-refractivity contribution in [3.8, 4) is 10.8 Å². The molecule has 0 fully saturated rings. The van der Waals surface area contributed by atoms with Gasteiger partial charge in [0, 0.05) is 17.5 Å². The second kappa shape index (κ2) is 11.1. The first-order valence-corrected chi connectivity index (χ1v) is 13.3. The van der Waals surface area contributed by atoms with Crippen LogP contribution in [0.15, 0.2) is 40.2 Å². The lowest BCUT2D eigenvalue weighted by molar-refractivity contribution is -0.127. The van der Waals surface area contributed by atoms with Crippen LogP contribution in [-0.2, 0) is 16.9 Å². The van der Waals surface area contributed by atoms with Crippen LogP contribution >= 0.6 is 11.3 Å². The van der Waals surface area contributed by atoms with Crippen LogP contribution in [0, 0.1) is 25.2 Å². The van der Waals surface area contributed by atoms with E-state index in [1.807, 2.05) is 13.8 Å². The van der Waals surface area contributed by atoms with Crippen LogP contribution in [0.1, 0.15) is 51.3 Å². The molecule has 0 saturated heterocycles. The van der Waals surface area contributed by atoms with Crippen LogP contribution in [0.5, 0.6) is 5.75 Å². The van der Waals surface area contributed by atoms with Gasteiger partial charge in [0.15, 0.2) is 5.78 Å². The van der Waals surface area contributed by atoms with E-state index in [1.54, 1.807) is 6.92 Å². The number of Topliss-reactive ketones (excluding diaryl/α,β-unsaturated/α-hetero) is 1. The third-order valence-corrected chi connectivity index (χ3v) is 7.87. The van der Waals surface area contributed by atoms with Gasteiger partial charge in [-0.1, -0.05) is 25.2 Å². The molecule has 0 unspecified atom stereocenters. The zero-order chi connectivity index (χ0) is 29.4. The van der Waals surface area contributed by atoms with E-state index in [0.29, 0.717) is 10.6 Å². The number of hydrogen-bond donors (Lipinski definition) is 1. The van der Waals surface area contributed by atoms with Gasteiger partial charge < -0.3 is 9.84 Å². The fourth-order valence-corrected chi connectivity index (χ4v) is 5.75. The Balaban J connectivity index is 1.98. The molecule has 0 aliphatic heterocycles. The predicted octanol–water partition coefficient (Wildman–Crippen LogP) is 3.59. The molecule has 1 aromatic carbocycles. The van der Waals surface area contributed by atoms with Gasteiger partial charge in [-0.25, -0.2) is 20.3 Å². The first-order chi connectivity index (χ1) is 18.9. The number of hydrogen-bond acceptors (Lipinski definition) is 8. The number of aryl methyl sites for hydroxylation is 1. The Bertz CT molecular complexity index is 1730. The highest BCUT2D eigenvalue weighted by molar-refractivity contribution is 7.21. The number of ether oxygens (including phenoxy) is 1. The summed E-state index contributed by atoms with van der Waals surface area (Å²) < 4.78 is 21.7. The Morgan fingerprint density at radius 2 is 1.93 bits per heavy atom. The third-order valence-electron chi connectivity index (χ3n) is 6.59. The number of aromatic nitrogens is 5. The maximum atomic E-state index is 14.2. The molecule has 0 amide bonds. The van der Waals surface area contributed by atoms with Gasteiger partial charge in [-0.05, 0) is 44.9 Å². The smallest absolute Gasteiger partial charge is 0.357 e. The molecular formula is C27H29FN6O5S. The number of benzene rings is 1. The molecule has 40 heavy (non-hydrogen) atoms. The molecule has 3 heterocycles. The molecule has 0 saturated carbocycles. The number of aliphatic hydroxyl groups is 1. The Hall–Kier alpha value is -4.15. The van der Waals surface area contributed by atoms with E-state index in [0.717, 1.165) is 28.0 Å². The van der Waals surface area contributed by atoms with E-state index in [9.17, 15) is 23.9 Å². The largest absolute Gasteiger partial charge is 0.425 e. The number of carbonyl (C=O) groups is 1. The number of ketones is 1. The zero-order valence-electron chi connectivity index (χ0n) is 22.7. The van der Waals surface area contributed by atoms with Gasteiger partial charge >= 0.3 is 12.4 Å². The molecule has 0 spiro atoms. The number of rotatable bonds is 10. The minimum atomic E-state index is -1.50. The summed E-state index contributed by atoms with van der Waals surface area (Å²) in [5.41, 5.74) is -2.43. The Labute approximate surface area is 232 Å². The maximum Gasteiger partial charge on any atom is 0.357 e. The maximum absolute atomic E-state index is 14.2. The average molecular weight is 569 g/mol. The van der Waals surface area contributed by atoms with Crippen molar-refractivity contribution in [2.45, 2.75) is 59.2 Å². The topological polar surface area (TPSA) is 126 Å². The lowest BCUT2D eigenvalue weighted by Gasteiger charge is -2.27. The van der Waals surface area contributed by atoms with E-state index < -0.39 is 35.3 Å². The van der Waals surface area contributed by atoms with Gasteiger partial charge in [0.1, 0.15) is 33.0 Å². The molecule has 0 aliphatic rings. The molecule has 1 N–H and O–H groups in total. The van der Waals surface area contributed by atoms with Crippen LogP contribution in [0.4, 0.5) is 4.39 Å². The minimum Gasteiger partial charge on any atom is -0.425 e. The SMILES string of the molecule is [C-]#[N+]COc1ccc(F)cc1[C@@H](O)Cn1c(=O)n(C(C)(C)C(=O)CC(C)C)c(=O)c2c(C)c(-n3nccn3)sc21. The van der Waals surface area contributed by atoms with E-state index in [4.69, 9.17) is 11.3 Å². The van der Waals surface area contributed by atoms with Crippen LogP contribution < -0.4 is 16.0 Å².